The highest BCUT2D eigenvalue weighted by molar-refractivity contribution is 5.88. The zero-order valence-electron chi connectivity index (χ0n) is 16.0. The maximum absolute atomic E-state index is 8.98. The lowest BCUT2D eigenvalue weighted by atomic mass is 10.2. The summed E-state index contributed by atoms with van der Waals surface area (Å²) in [6, 6.07) is 9.05. The van der Waals surface area contributed by atoms with Crippen molar-refractivity contribution < 1.29 is 9.47 Å². The third-order valence-corrected chi connectivity index (χ3v) is 4.27. The van der Waals surface area contributed by atoms with Crippen molar-refractivity contribution in [3.8, 4) is 23.4 Å². The Bertz CT molecular complexity index is 1230. The van der Waals surface area contributed by atoms with Crippen LogP contribution in [0.2, 0.25) is 0 Å². The van der Waals surface area contributed by atoms with E-state index in [-0.39, 0.29) is 0 Å². The molecule has 0 radical (unpaired) electrons. The minimum absolute atomic E-state index is 0.331. The van der Waals surface area contributed by atoms with Gasteiger partial charge in [-0.2, -0.15) is 10.2 Å². The first-order chi connectivity index (χ1) is 14.1. The highest BCUT2D eigenvalue weighted by atomic mass is 16.5. The zero-order chi connectivity index (χ0) is 20.4. The van der Waals surface area contributed by atoms with Crippen LogP contribution in [0.4, 0.5) is 11.5 Å². The quantitative estimate of drug-likeness (QED) is 0.554. The summed E-state index contributed by atoms with van der Waals surface area (Å²) in [5, 5.41) is 12.2. The molecule has 9 nitrogen and oxygen atoms in total. The number of imidazole rings is 1. The number of anilines is 2. The lowest BCUT2D eigenvalue weighted by molar-refractivity contribution is 0.413. The van der Waals surface area contributed by atoms with E-state index < -0.39 is 0 Å². The van der Waals surface area contributed by atoms with Gasteiger partial charge in [0.15, 0.2) is 11.4 Å². The Balaban J connectivity index is 1.72. The van der Waals surface area contributed by atoms with Crippen LogP contribution in [0.25, 0.3) is 11.2 Å². The van der Waals surface area contributed by atoms with Crippen molar-refractivity contribution in [3.63, 3.8) is 0 Å². The zero-order valence-corrected chi connectivity index (χ0v) is 16.0. The largest absolute Gasteiger partial charge is 0.495 e. The van der Waals surface area contributed by atoms with Crippen molar-refractivity contribution in [2.24, 2.45) is 7.05 Å². The van der Waals surface area contributed by atoms with E-state index in [1.165, 1.54) is 6.20 Å². The van der Waals surface area contributed by atoms with Gasteiger partial charge in [0.2, 0.25) is 5.88 Å². The second-order valence-corrected chi connectivity index (χ2v) is 6.29. The van der Waals surface area contributed by atoms with E-state index >= 15 is 0 Å². The van der Waals surface area contributed by atoms with Gasteiger partial charge in [0, 0.05) is 13.1 Å². The number of aromatic nitrogens is 5. The van der Waals surface area contributed by atoms with Gasteiger partial charge in [0.25, 0.3) is 0 Å². The molecule has 0 unspecified atom stereocenters. The predicted octanol–water partition coefficient (Wildman–Crippen LogP) is 3.48. The molecule has 0 saturated carbocycles. The molecule has 9 heteroatoms. The van der Waals surface area contributed by atoms with Gasteiger partial charge in [0.05, 0.1) is 31.5 Å². The van der Waals surface area contributed by atoms with Gasteiger partial charge in [-0.3, -0.25) is 0 Å². The molecule has 0 fully saturated rings. The van der Waals surface area contributed by atoms with Crippen LogP contribution in [0.1, 0.15) is 11.3 Å². The lowest BCUT2D eigenvalue weighted by Crippen LogP contribution is -1.99. The SMILES string of the molecule is COc1ccc(Nc2cc(Oc3cnc(C#N)cc3C)nc3c2ncn3C)nc1. The molecule has 0 atom stereocenters. The highest BCUT2D eigenvalue weighted by Crippen LogP contribution is 2.31. The summed E-state index contributed by atoms with van der Waals surface area (Å²) in [5.41, 5.74) is 3.15. The smallest absolute Gasteiger partial charge is 0.223 e. The topological polar surface area (TPSA) is 111 Å². The predicted molar refractivity (Wildman–Crippen MR) is 106 cm³/mol. The number of hydrogen-bond donors (Lipinski definition) is 1. The second kappa shape index (κ2) is 7.44. The average molecular weight is 387 g/mol. The van der Waals surface area contributed by atoms with Gasteiger partial charge in [-0.25, -0.2) is 15.0 Å². The minimum Gasteiger partial charge on any atom is -0.495 e. The highest BCUT2D eigenvalue weighted by Gasteiger charge is 2.14. The summed E-state index contributed by atoms with van der Waals surface area (Å²) >= 11 is 0. The summed E-state index contributed by atoms with van der Waals surface area (Å²) in [6.07, 6.45) is 4.83. The van der Waals surface area contributed by atoms with E-state index in [0.29, 0.717) is 45.7 Å². The van der Waals surface area contributed by atoms with Gasteiger partial charge in [-0.1, -0.05) is 0 Å². The third-order valence-electron chi connectivity index (χ3n) is 4.27. The number of aryl methyl sites for hydroxylation is 2. The monoisotopic (exact) mass is 387 g/mol. The molecule has 0 saturated heterocycles. The van der Waals surface area contributed by atoms with Crippen LogP contribution in [-0.2, 0) is 7.05 Å². The number of nitrogens with zero attached hydrogens (tertiary/aromatic N) is 6. The number of fused-ring (bicyclic) bond motifs is 1. The molecule has 0 spiro atoms. The Morgan fingerprint density at radius 3 is 2.69 bits per heavy atom. The average Bonchev–Trinajstić information content (AvgIpc) is 3.11. The number of ether oxygens (including phenoxy) is 2. The first kappa shape index (κ1) is 18.2. The number of methoxy groups -OCH3 is 1. The number of rotatable bonds is 5. The fraction of sp³-hybridized carbons (Fsp3) is 0.150. The van der Waals surface area contributed by atoms with Crippen LogP contribution in [0, 0.1) is 18.3 Å². The van der Waals surface area contributed by atoms with E-state index in [1.807, 2.05) is 32.2 Å². The molecule has 4 heterocycles. The molecule has 0 aliphatic rings. The molecular weight excluding hydrogens is 370 g/mol. The van der Waals surface area contributed by atoms with Crippen molar-refractivity contribution in [2.75, 3.05) is 12.4 Å². The molecule has 4 rings (SSSR count). The molecule has 0 aliphatic carbocycles. The van der Waals surface area contributed by atoms with Crippen LogP contribution in [0.5, 0.6) is 17.4 Å². The molecule has 0 aromatic carbocycles. The Morgan fingerprint density at radius 2 is 2.00 bits per heavy atom. The number of nitrogens with one attached hydrogen (secondary N) is 1. The van der Waals surface area contributed by atoms with Crippen molar-refractivity contribution >= 4 is 22.7 Å². The molecule has 0 aliphatic heterocycles. The van der Waals surface area contributed by atoms with Crippen molar-refractivity contribution in [1.29, 1.82) is 5.26 Å². The van der Waals surface area contributed by atoms with Gasteiger partial charge in [-0.15, -0.1) is 0 Å². The van der Waals surface area contributed by atoms with Gasteiger partial charge >= 0.3 is 0 Å². The summed E-state index contributed by atoms with van der Waals surface area (Å²) in [5.74, 6) is 2.19. The number of nitriles is 1. The fourth-order valence-corrected chi connectivity index (χ4v) is 2.76. The van der Waals surface area contributed by atoms with Crippen LogP contribution in [-0.4, -0.2) is 31.6 Å². The summed E-state index contributed by atoms with van der Waals surface area (Å²) in [7, 11) is 3.45. The van der Waals surface area contributed by atoms with E-state index in [4.69, 9.17) is 14.7 Å². The second-order valence-electron chi connectivity index (χ2n) is 6.29. The van der Waals surface area contributed by atoms with Crippen LogP contribution in [0.15, 0.2) is 43.0 Å². The Labute approximate surface area is 166 Å². The fourth-order valence-electron chi connectivity index (χ4n) is 2.76. The van der Waals surface area contributed by atoms with Gasteiger partial charge in [-0.05, 0) is 30.7 Å². The third kappa shape index (κ3) is 3.64. The van der Waals surface area contributed by atoms with Crippen molar-refractivity contribution in [3.05, 3.63) is 54.2 Å². The van der Waals surface area contributed by atoms with E-state index in [0.717, 1.165) is 5.56 Å². The van der Waals surface area contributed by atoms with Gasteiger partial charge < -0.3 is 19.4 Å². The van der Waals surface area contributed by atoms with Crippen LogP contribution >= 0.6 is 0 Å². The Hall–Kier alpha value is -4.19. The van der Waals surface area contributed by atoms with E-state index in [2.05, 4.69) is 25.3 Å². The summed E-state index contributed by atoms with van der Waals surface area (Å²) in [6.45, 7) is 1.85. The van der Waals surface area contributed by atoms with Crippen molar-refractivity contribution in [2.45, 2.75) is 6.92 Å². The van der Waals surface area contributed by atoms with Crippen LogP contribution < -0.4 is 14.8 Å². The molecule has 0 amide bonds. The molecule has 144 valence electrons. The maximum Gasteiger partial charge on any atom is 0.223 e. The lowest BCUT2D eigenvalue weighted by Gasteiger charge is -2.11. The first-order valence-corrected chi connectivity index (χ1v) is 8.71. The summed E-state index contributed by atoms with van der Waals surface area (Å²) in [4.78, 5) is 17.4. The summed E-state index contributed by atoms with van der Waals surface area (Å²) < 4.78 is 12.9. The van der Waals surface area contributed by atoms with Crippen molar-refractivity contribution in [1.82, 2.24) is 24.5 Å². The Morgan fingerprint density at radius 1 is 1.14 bits per heavy atom. The van der Waals surface area contributed by atoms with Gasteiger partial charge in [0.1, 0.15) is 28.8 Å². The van der Waals surface area contributed by atoms with E-state index in [1.54, 1.807) is 36.3 Å². The normalized spacial score (nSPS) is 10.6. The first-order valence-electron chi connectivity index (χ1n) is 8.71. The molecule has 29 heavy (non-hydrogen) atoms. The minimum atomic E-state index is 0.331. The maximum atomic E-state index is 8.98. The van der Waals surface area contributed by atoms with E-state index in [9.17, 15) is 0 Å². The standard InChI is InChI=1S/C20H17N7O2/c1-12-6-13(8-21)22-10-16(12)29-18-7-15(19-20(26-18)27(2)11-24-19)25-17-5-4-14(28-3)9-23-17/h4-7,9-11H,1-3H3,(H,23,25,26). The molecular formula is C20H17N7O2. The number of pyridine rings is 3. The molecule has 1 N–H and O–H groups in total. The number of hydrogen-bond acceptors (Lipinski definition) is 8. The molecule has 4 aromatic heterocycles. The Kier molecular flexibility index (Phi) is 4.66. The van der Waals surface area contributed by atoms with Crippen LogP contribution in [0.3, 0.4) is 0 Å². The molecule has 4 aromatic rings. The molecule has 0 bridgehead atoms.